The first-order valence-corrected chi connectivity index (χ1v) is 6.29. The van der Waals surface area contributed by atoms with Crippen LogP contribution >= 0.6 is 11.6 Å². The summed E-state index contributed by atoms with van der Waals surface area (Å²) >= 11 is 5.83. The lowest BCUT2D eigenvalue weighted by atomic mass is 9.95. The number of amides is 1. The van der Waals surface area contributed by atoms with Crippen molar-refractivity contribution in [2.75, 3.05) is 19.7 Å². The molecule has 20 heavy (non-hydrogen) atoms. The van der Waals surface area contributed by atoms with Gasteiger partial charge in [-0.2, -0.15) is 0 Å². The van der Waals surface area contributed by atoms with Gasteiger partial charge in [-0.3, -0.25) is 4.79 Å². The molecule has 108 valence electrons. The number of carboxylic acid groups (broad SMARTS) is 1. The molecule has 1 fully saturated rings. The van der Waals surface area contributed by atoms with E-state index in [0.29, 0.717) is 0 Å². The molecule has 0 atom stereocenters. The maximum atomic E-state index is 13.6. The van der Waals surface area contributed by atoms with Crippen molar-refractivity contribution in [3.8, 4) is 0 Å². The highest BCUT2D eigenvalue weighted by Gasteiger charge is 2.43. The van der Waals surface area contributed by atoms with Gasteiger partial charge in [0, 0.05) is 0 Å². The molecule has 1 aliphatic heterocycles. The smallest absolute Gasteiger partial charge is 0.329 e. The van der Waals surface area contributed by atoms with Gasteiger partial charge in [-0.05, 0) is 19.1 Å². The van der Waals surface area contributed by atoms with E-state index in [-0.39, 0.29) is 23.7 Å². The first-order chi connectivity index (χ1) is 9.32. The van der Waals surface area contributed by atoms with Crippen molar-refractivity contribution in [3.63, 3.8) is 0 Å². The molecule has 1 N–H and O–H groups in total. The van der Waals surface area contributed by atoms with E-state index < -0.39 is 29.9 Å². The minimum absolute atomic E-state index is 0.0510. The topological polar surface area (TPSA) is 66.8 Å². The number of hydrogen-bond acceptors (Lipinski definition) is 3. The molecule has 1 amide bonds. The number of carboxylic acids is 1. The van der Waals surface area contributed by atoms with Gasteiger partial charge in [-0.1, -0.05) is 17.7 Å². The van der Waals surface area contributed by atoms with E-state index in [1.807, 2.05) is 0 Å². The summed E-state index contributed by atoms with van der Waals surface area (Å²) in [6.07, 6.45) is 0. The third-order valence-electron chi connectivity index (χ3n) is 3.06. The highest BCUT2D eigenvalue weighted by Crippen LogP contribution is 2.29. The molecule has 0 bridgehead atoms. The Labute approximate surface area is 119 Å². The van der Waals surface area contributed by atoms with Crippen LogP contribution in [0, 0.1) is 5.82 Å². The summed E-state index contributed by atoms with van der Waals surface area (Å²) in [4.78, 5) is 23.9. The van der Waals surface area contributed by atoms with Gasteiger partial charge in [0.15, 0.2) is 0 Å². The third-order valence-corrected chi connectivity index (χ3v) is 3.37. The fourth-order valence-electron chi connectivity index (χ4n) is 2.09. The summed E-state index contributed by atoms with van der Waals surface area (Å²) in [6.45, 7) is 1.66. The van der Waals surface area contributed by atoms with Gasteiger partial charge in [0.1, 0.15) is 18.0 Å². The van der Waals surface area contributed by atoms with Gasteiger partial charge in [-0.15, -0.1) is 0 Å². The molecule has 2 rings (SSSR count). The van der Waals surface area contributed by atoms with Crippen LogP contribution in [0.4, 0.5) is 4.39 Å². The van der Waals surface area contributed by atoms with E-state index in [0.717, 1.165) is 0 Å². The molecule has 1 aromatic rings. The number of carbonyl (C=O) groups is 2. The van der Waals surface area contributed by atoms with Crippen molar-refractivity contribution in [3.05, 3.63) is 34.6 Å². The summed E-state index contributed by atoms with van der Waals surface area (Å²) in [5, 5.41) is 8.60. The second kappa shape index (κ2) is 5.38. The quantitative estimate of drug-likeness (QED) is 0.921. The number of hydrogen-bond donors (Lipinski definition) is 1. The molecular weight excluding hydrogens is 289 g/mol. The number of benzene rings is 1. The first kappa shape index (κ1) is 14.7. The number of likely N-dealkylation sites (tertiary alicyclic amines) is 1. The molecule has 1 saturated heterocycles. The average molecular weight is 302 g/mol. The van der Waals surface area contributed by atoms with Gasteiger partial charge in [0.2, 0.25) is 0 Å². The van der Waals surface area contributed by atoms with Crippen molar-refractivity contribution in [1.82, 2.24) is 4.90 Å². The minimum atomic E-state index is -1.08. The second-order valence-electron chi connectivity index (χ2n) is 4.89. The Hall–Kier alpha value is -1.66. The van der Waals surface area contributed by atoms with Crippen molar-refractivity contribution in [2.24, 2.45) is 0 Å². The number of rotatable bonds is 4. The van der Waals surface area contributed by atoms with Crippen LogP contribution in [-0.4, -0.2) is 47.2 Å². The molecular formula is C13H13ClFNO4. The Morgan fingerprint density at radius 3 is 2.70 bits per heavy atom. The summed E-state index contributed by atoms with van der Waals surface area (Å²) in [5.41, 5.74) is -0.888. The van der Waals surface area contributed by atoms with E-state index in [2.05, 4.69) is 0 Å². The molecule has 1 aliphatic rings. The van der Waals surface area contributed by atoms with E-state index in [4.69, 9.17) is 21.4 Å². The fourth-order valence-corrected chi connectivity index (χ4v) is 2.34. The van der Waals surface area contributed by atoms with Crippen LogP contribution in [0.3, 0.4) is 0 Å². The lowest BCUT2D eigenvalue weighted by Gasteiger charge is -2.47. The lowest BCUT2D eigenvalue weighted by molar-refractivity contribution is -0.159. The Morgan fingerprint density at radius 2 is 2.15 bits per heavy atom. The van der Waals surface area contributed by atoms with E-state index >= 15 is 0 Å². The Bertz CT molecular complexity index is 537. The van der Waals surface area contributed by atoms with E-state index in [1.165, 1.54) is 23.1 Å². The number of aliphatic carboxylic acids is 1. The predicted molar refractivity (Wildman–Crippen MR) is 69.3 cm³/mol. The van der Waals surface area contributed by atoms with Crippen molar-refractivity contribution in [2.45, 2.75) is 12.5 Å². The van der Waals surface area contributed by atoms with Crippen LogP contribution in [0.25, 0.3) is 0 Å². The highest BCUT2D eigenvalue weighted by molar-refractivity contribution is 6.33. The number of nitrogens with zero attached hydrogens (tertiary/aromatic N) is 1. The standard InChI is InChI=1S/C13H13ClFNO4/c1-13(20-5-10(17)18)6-16(7-13)12(19)11-8(14)3-2-4-9(11)15/h2-4H,5-7H2,1H3,(H,17,18). The summed E-state index contributed by atoms with van der Waals surface area (Å²) in [7, 11) is 0. The zero-order valence-corrected chi connectivity index (χ0v) is 11.5. The number of halogens is 2. The summed E-state index contributed by atoms with van der Waals surface area (Å²) in [5.74, 6) is -2.28. The molecule has 7 heteroatoms. The van der Waals surface area contributed by atoms with Crippen LogP contribution in [-0.2, 0) is 9.53 Å². The number of carbonyl (C=O) groups excluding carboxylic acids is 1. The fraction of sp³-hybridized carbons (Fsp3) is 0.385. The largest absolute Gasteiger partial charge is 0.480 e. The Morgan fingerprint density at radius 1 is 1.50 bits per heavy atom. The second-order valence-corrected chi connectivity index (χ2v) is 5.30. The third kappa shape index (κ3) is 2.91. The zero-order valence-electron chi connectivity index (χ0n) is 10.7. The van der Waals surface area contributed by atoms with Gasteiger partial charge in [0.25, 0.3) is 5.91 Å². The molecule has 0 aromatic heterocycles. The Balaban J connectivity index is 2.02. The minimum Gasteiger partial charge on any atom is -0.480 e. The predicted octanol–water partition coefficient (Wildman–Crippen LogP) is 1.79. The number of ether oxygens (including phenoxy) is 1. The lowest BCUT2D eigenvalue weighted by Crippen LogP contribution is -2.63. The van der Waals surface area contributed by atoms with Crippen molar-refractivity contribution >= 4 is 23.5 Å². The molecule has 0 saturated carbocycles. The normalized spacial score (nSPS) is 16.6. The van der Waals surface area contributed by atoms with E-state index in [9.17, 15) is 14.0 Å². The molecule has 0 aliphatic carbocycles. The molecule has 0 spiro atoms. The van der Waals surface area contributed by atoms with Crippen LogP contribution < -0.4 is 0 Å². The maximum Gasteiger partial charge on any atom is 0.329 e. The van der Waals surface area contributed by atoms with Crippen molar-refractivity contribution in [1.29, 1.82) is 0 Å². The van der Waals surface area contributed by atoms with Gasteiger partial charge in [-0.25, -0.2) is 9.18 Å². The Kier molecular flexibility index (Phi) is 3.96. The van der Waals surface area contributed by atoms with Gasteiger partial charge >= 0.3 is 5.97 Å². The van der Waals surface area contributed by atoms with Crippen molar-refractivity contribution < 1.29 is 23.8 Å². The SMILES string of the molecule is CC1(OCC(=O)O)CN(C(=O)c2c(F)cccc2Cl)C1. The summed E-state index contributed by atoms with van der Waals surface area (Å²) in [6, 6.07) is 4.03. The molecule has 1 aromatic carbocycles. The van der Waals surface area contributed by atoms with Crippen LogP contribution in [0.1, 0.15) is 17.3 Å². The monoisotopic (exact) mass is 301 g/mol. The van der Waals surface area contributed by atoms with Crippen LogP contribution in [0.2, 0.25) is 5.02 Å². The summed E-state index contributed by atoms with van der Waals surface area (Å²) < 4.78 is 18.8. The maximum absolute atomic E-state index is 13.6. The van der Waals surface area contributed by atoms with E-state index in [1.54, 1.807) is 6.92 Å². The highest BCUT2D eigenvalue weighted by atomic mass is 35.5. The molecule has 1 heterocycles. The molecule has 5 nitrogen and oxygen atoms in total. The van der Waals surface area contributed by atoms with Gasteiger partial charge in [0.05, 0.1) is 23.7 Å². The van der Waals surface area contributed by atoms with Crippen LogP contribution in [0.5, 0.6) is 0 Å². The first-order valence-electron chi connectivity index (χ1n) is 5.91. The average Bonchev–Trinajstić information content (AvgIpc) is 2.32. The van der Waals surface area contributed by atoms with Gasteiger partial charge < -0.3 is 14.7 Å². The zero-order chi connectivity index (χ0) is 14.9. The molecule has 0 unspecified atom stereocenters. The van der Waals surface area contributed by atoms with Crippen LogP contribution in [0.15, 0.2) is 18.2 Å². The molecule has 0 radical (unpaired) electrons.